The highest BCUT2D eigenvalue weighted by molar-refractivity contribution is 6.07. The fraction of sp³-hybridized carbons (Fsp3) is 0.0769. The molecule has 0 amide bonds. The first-order valence-corrected chi connectivity index (χ1v) is 5.25. The van der Waals surface area contributed by atoms with Crippen LogP contribution in [0.5, 0.6) is 0 Å². The van der Waals surface area contributed by atoms with Crippen LogP contribution in [0.2, 0.25) is 0 Å². The van der Waals surface area contributed by atoms with Crippen LogP contribution < -0.4 is 0 Å². The molecule has 0 radical (unpaired) electrons. The van der Waals surface area contributed by atoms with Crippen LogP contribution in [0.1, 0.15) is 10.4 Å². The van der Waals surface area contributed by atoms with Crippen LogP contribution >= 0.6 is 0 Å². The van der Waals surface area contributed by atoms with Gasteiger partial charge in [-0.2, -0.15) is 0 Å². The van der Waals surface area contributed by atoms with Gasteiger partial charge < -0.3 is 9.67 Å². The van der Waals surface area contributed by atoms with Gasteiger partial charge in [-0.25, -0.2) is 4.79 Å². The summed E-state index contributed by atoms with van der Waals surface area (Å²) in [7, 11) is 1.91. The lowest BCUT2D eigenvalue weighted by molar-refractivity contribution is 0.0696. The van der Waals surface area contributed by atoms with Crippen LogP contribution in [0, 0.1) is 0 Å². The third kappa shape index (κ3) is 1.30. The van der Waals surface area contributed by atoms with Crippen molar-refractivity contribution in [3.63, 3.8) is 0 Å². The smallest absolute Gasteiger partial charge is 0.337 e. The Labute approximate surface area is 97.1 Å². The number of nitrogens with zero attached hydrogens (tertiary/aromatic N) is 2. The van der Waals surface area contributed by atoms with Crippen molar-refractivity contribution in [2.45, 2.75) is 0 Å². The molecule has 0 fully saturated rings. The van der Waals surface area contributed by atoms with E-state index in [9.17, 15) is 4.79 Å². The molecule has 0 aliphatic rings. The van der Waals surface area contributed by atoms with Gasteiger partial charge in [0.1, 0.15) is 0 Å². The highest BCUT2D eigenvalue weighted by Gasteiger charge is 2.11. The van der Waals surface area contributed by atoms with Crippen LogP contribution in [0.3, 0.4) is 0 Å². The van der Waals surface area contributed by atoms with E-state index >= 15 is 0 Å². The molecular formula is C13H10N2O2. The van der Waals surface area contributed by atoms with Crippen molar-refractivity contribution in [2.24, 2.45) is 7.05 Å². The van der Waals surface area contributed by atoms with Crippen molar-refractivity contribution in [2.75, 3.05) is 0 Å². The molecule has 1 N–H and O–H groups in total. The van der Waals surface area contributed by atoms with Crippen molar-refractivity contribution >= 4 is 27.9 Å². The van der Waals surface area contributed by atoms with Crippen LogP contribution in [0.25, 0.3) is 21.9 Å². The molecule has 84 valence electrons. The Morgan fingerprint density at radius 3 is 2.82 bits per heavy atom. The maximum atomic E-state index is 10.9. The first-order valence-electron chi connectivity index (χ1n) is 5.25. The number of aromatic nitrogens is 2. The Bertz CT molecular complexity index is 744. The Hall–Kier alpha value is -2.36. The SMILES string of the molecule is Cn1c2ccccc2c2ncc(C(=O)O)cc21. The largest absolute Gasteiger partial charge is 0.478 e. The number of benzene rings is 1. The number of hydrogen-bond acceptors (Lipinski definition) is 2. The van der Waals surface area contributed by atoms with Crippen LogP contribution in [0.15, 0.2) is 36.5 Å². The van der Waals surface area contributed by atoms with E-state index in [4.69, 9.17) is 5.11 Å². The maximum Gasteiger partial charge on any atom is 0.337 e. The monoisotopic (exact) mass is 226 g/mol. The molecule has 2 heterocycles. The molecule has 3 rings (SSSR count). The number of fused-ring (bicyclic) bond motifs is 3. The highest BCUT2D eigenvalue weighted by Crippen LogP contribution is 2.26. The van der Waals surface area contributed by atoms with Gasteiger partial charge in [-0.1, -0.05) is 18.2 Å². The molecule has 0 saturated heterocycles. The molecule has 1 aromatic carbocycles. The second-order valence-electron chi connectivity index (χ2n) is 3.97. The van der Waals surface area contributed by atoms with E-state index in [1.54, 1.807) is 6.07 Å². The first kappa shape index (κ1) is 9.84. The van der Waals surface area contributed by atoms with E-state index in [-0.39, 0.29) is 5.56 Å². The summed E-state index contributed by atoms with van der Waals surface area (Å²) < 4.78 is 1.96. The van der Waals surface area contributed by atoms with E-state index in [0.717, 1.165) is 21.9 Å². The second kappa shape index (κ2) is 3.31. The fourth-order valence-electron chi connectivity index (χ4n) is 2.13. The molecule has 0 unspecified atom stereocenters. The lowest BCUT2D eigenvalue weighted by atomic mass is 10.2. The molecule has 4 heteroatoms. The molecule has 0 bridgehead atoms. The summed E-state index contributed by atoms with van der Waals surface area (Å²) in [4.78, 5) is 15.2. The number of para-hydroxylation sites is 1. The number of hydrogen-bond donors (Lipinski definition) is 1. The number of rotatable bonds is 1. The second-order valence-corrected chi connectivity index (χ2v) is 3.97. The fourth-order valence-corrected chi connectivity index (χ4v) is 2.13. The quantitative estimate of drug-likeness (QED) is 0.693. The summed E-state index contributed by atoms with van der Waals surface area (Å²) >= 11 is 0. The minimum atomic E-state index is -0.954. The average molecular weight is 226 g/mol. The summed E-state index contributed by atoms with van der Waals surface area (Å²) in [6.07, 6.45) is 1.40. The van der Waals surface area contributed by atoms with E-state index < -0.39 is 5.97 Å². The predicted molar refractivity (Wildman–Crippen MR) is 65.2 cm³/mol. The zero-order valence-corrected chi connectivity index (χ0v) is 9.21. The third-order valence-corrected chi connectivity index (χ3v) is 3.00. The topological polar surface area (TPSA) is 55.1 Å². The maximum absolute atomic E-state index is 10.9. The van der Waals surface area contributed by atoms with Crippen molar-refractivity contribution < 1.29 is 9.90 Å². The molecule has 2 aromatic heterocycles. The van der Waals surface area contributed by atoms with Gasteiger partial charge in [-0.3, -0.25) is 4.98 Å². The van der Waals surface area contributed by atoms with E-state index in [2.05, 4.69) is 4.98 Å². The predicted octanol–water partition coefficient (Wildman–Crippen LogP) is 2.42. The Morgan fingerprint density at radius 2 is 2.06 bits per heavy atom. The number of aryl methyl sites for hydroxylation is 1. The van der Waals surface area contributed by atoms with Gasteiger partial charge in [0.05, 0.1) is 22.1 Å². The van der Waals surface area contributed by atoms with Gasteiger partial charge >= 0.3 is 5.97 Å². The Balaban J connectivity index is 2.49. The van der Waals surface area contributed by atoms with Crippen molar-refractivity contribution in [1.82, 2.24) is 9.55 Å². The number of pyridine rings is 1. The van der Waals surface area contributed by atoms with Crippen LogP contribution in [0.4, 0.5) is 0 Å². The summed E-state index contributed by atoms with van der Waals surface area (Å²) in [6, 6.07) is 9.56. The Kier molecular flexibility index (Phi) is 1.92. The van der Waals surface area contributed by atoms with Crippen molar-refractivity contribution in [3.8, 4) is 0 Å². The summed E-state index contributed by atoms with van der Waals surface area (Å²) in [5.41, 5.74) is 2.94. The van der Waals surface area contributed by atoms with Crippen molar-refractivity contribution in [3.05, 3.63) is 42.1 Å². The normalized spacial score (nSPS) is 11.1. The minimum absolute atomic E-state index is 0.211. The number of aromatic carboxylic acids is 1. The minimum Gasteiger partial charge on any atom is -0.478 e. The van der Waals surface area contributed by atoms with Gasteiger partial charge in [0, 0.05) is 18.6 Å². The van der Waals surface area contributed by atoms with E-state index in [0.29, 0.717) is 0 Å². The molecule has 0 aliphatic heterocycles. The molecular weight excluding hydrogens is 216 g/mol. The van der Waals surface area contributed by atoms with Gasteiger partial charge in [0.15, 0.2) is 0 Å². The molecule has 17 heavy (non-hydrogen) atoms. The average Bonchev–Trinajstić information content (AvgIpc) is 2.64. The molecule has 0 spiro atoms. The summed E-state index contributed by atoms with van der Waals surface area (Å²) in [5.74, 6) is -0.954. The van der Waals surface area contributed by atoms with Gasteiger partial charge in [-0.05, 0) is 12.1 Å². The molecule has 3 aromatic rings. The zero-order chi connectivity index (χ0) is 12.0. The standard InChI is InChI=1S/C13H10N2O2/c1-15-10-5-3-2-4-9(10)12-11(15)6-8(7-14-12)13(16)17/h2-7H,1H3,(H,16,17). The highest BCUT2D eigenvalue weighted by atomic mass is 16.4. The van der Waals surface area contributed by atoms with Crippen molar-refractivity contribution in [1.29, 1.82) is 0 Å². The molecule has 0 aliphatic carbocycles. The lowest BCUT2D eigenvalue weighted by Gasteiger charge is -1.98. The number of carboxylic acids is 1. The number of carboxylic acid groups (broad SMARTS) is 1. The number of carbonyl (C=O) groups is 1. The van der Waals surface area contributed by atoms with Crippen LogP contribution in [-0.4, -0.2) is 20.6 Å². The lowest BCUT2D eigenvalue weighted by Crippen LogP contribution is -1.97. The summed E-state index contributed by atoms with van der Waals surface area (Å²) in [6.45, 7) is 0. The zero-order valence-electron chi connectivity index (χ0n) is 9.21. The van der Waals surface area contributed by atoms with Gasteiger partial charge in [-0.15, -0.1) is 0 Å². The molecule has 0 atom stereocenters. The van der Waals surface area contributed by atoms with E-state index in [1.807, 2.05) is 35.9 Å². The van der Waals surface area contributed by atoms with E-state index in [1.165, 1.54) is 6.20 Å². The third-order valence-electron chi connectivity index (χ3n) is 3.00. The Morgan fingerprint density at radius 1 is 1.29 bits per heavy atom. The van der Waals surface area contributed by atoms with Crippen LogP contribution in [-0.2, 0) is 7.05 Å². The summed E-state index contributed by atoms with van der Waals surface area (Å²) in [5, 5.41) is 10.0. The van der Waals surface area contributed by atoms with Gasteiger partial charge in [0.25, 0.3) is 0 Å². The van der Waals surface area contributed by atoms with Gasteiger partial charge in [0.2, 0.25) is 0 Å². The molecule has 0 saturated carbocycles. The molecule has 4 nitrogen and oxygen atoms in total. The first-order chi connectivity index (χ1) is 8.18.